The topological polar surface area (TPSA) is 93.2 Å². The molecule has 0 spiro atoms. The van der Waals surface area contributed by atoms with Gasteiger partial charge in [0.05, 0.1) is 26.0 Å². The molecule has 0 radical (unpaired) electrons. The van der Waals surface area contributed by atoms with Crippen molar-refractivity contribution < 1.29 is 13.2 Å². The number of halogens is 1. The zero-order valence-corrected chi connectivity index (χ0v) is 18.2. The number of benzene rings is 2. The number of rotatable bonds is 6. The third kappa shape index (κ3) is 3.91. The molecule has 0 aliphatic carbocycles. The highest BCUT2D eigenvalue weighted by atomic mass is 35.5. The van der Waals surface area contributed by atoms with E-state index < -0.39 is 9.84 Å². The van der Waals surface area contributed by atoms with Crippen molar-refractivity contribution in [3.05, 3.63) is 58.4 Å². The van der Waals surface area contributed by atoms with Gasteiger partial charge in [-0.15, -0.1) is 23.1 Å². The van der Waals surface area contributed by atoms with Gasteiger partial charge in [-0.25, -0.2) is 8.42 Å². The molecule has 0 aliphatic rings. The van der Waals surface area contributed by atoms with Gasteiger partial charge in [0.25, 0.3) is 0 Å². The Morgan fingerprint density at radius 3 is 2.54 bits per heavy atom. The molecule has 0 fully saturated rings. The number of thiophene rings is 1. The van der Waals surface area contributed by atoms with Crippen molar-refractivity contribution in [2.45, 2.75) is 14.0 Å². The maximum atomic E-state index is 13.4. The predicted molar refractivity (Wildman–Crippen MR) is 116 cm³/mol. The van der Waals surface area contributed by atoms with Gasteiger partial charge in [-0.3, -0.25) is 5.41 Å². The van der Waals surface area contributed by atoms with E-state index in [2.05, 4.69) is 0 Å². The van der Waals surface area contributed by atoms with Crippen LogP contribution in [0.5, 0.6) is 5.75 Å². The molecule has 9 heteroatoms. The Kier molecular flexibility index (Phi) is 6.04. The third-order valence-electron chi connectivity index (χ3n) is 4.02. The van der Waals surface area contributed by atoms with Crippen molar-refractivity contribution in [2.75, 3.05) is 13.4 Å². The maximum absolute atomic E-state index is 13.4. The quantitative estimate of drug-likeness (QED) is 0.314. The van der Waals surface area contributed by atoms with E-state index >= 15 is 0 Å². The Labute approximate surface area is 176 Å². The number of hydrogen-bond acceptors (Lipinski definition) is 6. The molecule has 0 saturated heterocycles. The highest BCUT2D eigenvalue weighted by molar-refractivity contribution is 8.01. The van der Waals surface area contributed by atoms with E-state index in [4.69, 9.17) is 27.5 Å². The molecule has 3 rings (SSSR count). The van der Waals surface area contributed by atoms with E-state index in [0.29, 0.717) is 31.0 Å². The van der Waals surface area contributed by atoms with Gasteiger partial charge in [-0.05, 0) is 42.2 Å². The molecular weight excluding hydrogens is 436 g/mol. The van der Waals surface area contributed by atoms with Crippen LogP contribution in [-0.4, -0.2) is 27.6 Å². The molecule has 3 N–H and O–H groups in total. The second kappa shape index (κ2) is 8.16. The van der Waals surface area contributed by atoms with Crippen LogP contribution in [-0.2, 0) is 9.84 Å². The minimum atomic E-state index is -3.86. The van der Waals surface area contributed by atoms with Crippen molar-refractivity contribution in [1.82, 2.24) is 0 Å². The largest absolute Gasteiger partial charge is 0.497 e. The summed E-state index contributed by atoms with van der Waals surface area (Å²) >= 11 is 8.78. The molecule has 0 bridgehead atoms. The molecule has 0 aliphatic heterocycles. The number of nitrogens with two attached hydrogens (primary N) is 1. The van der Waals surface area contributed by atoms with Crippen LogP contribution in [0.15, 0.2) is 62.5 Å². The summed E-state index contributed by atoms with van der Waals surface area (Å²) in [6.45, 7) is 0. The van der Waals surface area contributed by atoms with Crippen molar-refractivity contribution in [3.8, 4) is 16.9 Å². The van der Waals surface area contributed by atoms with Crippen molar-refractivity contribution >= 4 is 50.4 Å². The fourth-order valence-electron chi connectivity index (χ4n) is 2.64. The van der Waals surface area contributed by atoms with Crippen LogP contribution < -0.4 is 10.5 Å². The smallest absolute Gasteiger partial charge is 0.208 e. The fourth-order valence-corrected chi connectivity index (χ4v) is 6.80. The molecule has 28 heavy (non-hydrogen) atoms. The van der Waals surface area contributed by atoms with E-state index in [0.717, 1.165) is 0 Å². The highest BCUT2D eigenvalue weighted by Crippen LogP contribution is 2.39. The molecule has 0 amide bonds. The Hall–Kier alpha value is -2.00. The lowest BCUT2D eigenvalue weighted by Gasteiger charge is -2.11. The molecule has 146 valence electrons. The molecule has 0 unspecified atom stereocenters. The molecule has 2 aromatic carbocycles. The minimum absolute atomic E-state index is 0.0879. The van der Waals surface area contributed by atoms with Crippen LogP contribution in [0.2, 0.25) is 5.02 Å². The number of methoxy groups -OCH3 is 1. The lowest BCUT2D eigenvalue weighted by atomic mass is 10.1. The van der Waals surface area contributed by atoms with Gasteiger partial charge in [0.1, 0.15) is 11.6 Å². The second-order valence-corrected chi connectivity index (χ2v) is 10.2. The molecule has 1 aromatic heterocycles. The van der Waals surface area contributed by atoms with Crippen molar-refractivity contribution in [1.29, 1.82) is 5.41 Å². The Morgan fingerprint density at radius 1 is 1.21 bits per heavy atom. The van der Waals surface area contributed by atoms with E-state index in [1.54, 1.807) is 24.5 Å². The Morgan fingerprint density at radius 2 is 1.93 bits per heavy atom. The van der Waals surface area contributed by atoms with Gasteiger partial charge in [0.2, 0.25) is 9.84 Å². The number of amidine groups is 1. The molecule has 1 heterocycles. The first-order chi connectivity index (χ1) is 13.3. The van der Waals surface area contributed by atoms with Crippen LogP contribution in [0.25, 0.3) is 11.1 Å². The van der Waals surface area contributed by atoms with Crippen LogP contribution in [0.1, 0.15) is 4.88 Å². The van der Waals surface area contributed by atoms with Crippen molar-refractivity contribution in [2.24, 2.45) is 5.73 Å². The molecule has 0 atom stereocenters. The molecular formula is C19H17ClN2O3S3. The monoisotopic (exact) mass is 452 g/mol. The lowest BCUT2D eigenvalue weighted by Crippen LogP contribution is -2.09. The predicted octanol–water partition coefficient (Wildman–Crippen LogP) is 4.92. The SMILES string of the molecule is COc1cc(-c2ccccc2Cl)cc(S(=O)(=O)c2cc(C(=N)N)sc2SC)c1. The summed E-state index contributed by atoms with van der Waals surface area (Å²) in [6.07, 6.45) is 1.79. The van der Waals surface area contributed by atoms with Gasteiger partial charge < -0.3 is 10.5 Å². The van der Waals surface area contributed by atoms with Gasteiger partial charge in [0, 0.05) is 10.6 Å². The van der Waals surface area contributed by atoms with Gasteiger partial charge in [-0.2, -0.15) is 0 Å². The summed E-state index contributed by atoms with van der Waals surface area (Å²) in [5.41, 5.74) is 6.89. The van der Waals surface area contributed by atoms with Crippen LogP contribution in [0.3, 0.4) is 0 Å². The number of ether oxygens (including phenoxy) is 1. The summed E-state index contributed by atoms with van der Waals surface area (Å²) in [4.78, 5) is 0.635. The first-order valence-corrected chi connectivity index (χ1v) is 11.9. The number of nitrogen functional groups attached to an aromatic ring is 1. The molecule has 5 nitrogen and oxygen atoms in total. The van der Waals surface area contributed by atoms with Gasteiger partial charge in [-0.1, -0.05) is 29.8 Å². The fraction of sp³-hybridized carbons (Fsp3) is 0.105. The van der Waals surface area contributed by atoms with Crippen LogP contribution in [0, 0.1) is 5.41 Å². The minimum Gasteiger partial charge on any atom is -0.497 e. The van der Waals surface area contributed by atoms with Crippen LogP contribution in [0.4, 0.5) is 0 Å². The Bertz CT molecular complexity index is 1160. The maximum Gasteiger partial charge on any atom is 0.208 e. The first kappa shape index (κ1) is 20.7. The van der Waals surface area contributed by atoms with Crippen molar-refractivity contribution in [3.63, 3.8) is 0 Å². The zero-order chi connectivity index (χ0) is 20.5. The van der Waals surface area contributed by atoms with Gasteiger partial charge >= 0.3 is 0 Å². The standard InChI is InChI=1S/C19H17ClN2O3S3/c1-25-12-7-11(14-5-3-4-6-15(14)20)8-13(9-12)28(23,24)17-10-16(18(21)22)27-19(17)26-2/h3-10H,1-2H3,(H3,21,22). The van der Waals surface area contributed by atoms with E-state index in [-0.39, 0.29) is 15.6 Å². The number of thioether (sulfide) groups is 1. The summed E-state index contributed by atoms with van der Waals surface area (Å²) in [5, 5.41) is 8.13. The van der Waals surface area contributed by atoms with E-state index in [1.807, 2.05) is 18.2 Å². The third-order valence-corrected chi connectivity index (χ3v) is 8.67. The van der Waals surface area contributed by atoms with Crippen LogP contribution >= 0.6 is 34.7 Å². The summed E-state index contributed by atoms with van der Waals surface area (Å²) in [5.74, 6) is 0.243. The lowest BCUT2D eigenvalue weighted by molar-refractivity contribution is 0.413. The second-order valence-electron chi connectivity index (χ2n) is 5.76. The van der Waals surface area contributed by atoms with E-state index in [1.165, 1.54) is 42.3 Å². The van der Waals surface area contributed by atoms with E-state index in [9.17, 15) is 8.42 Å². The average Bonchev–Trinajstić information content (AvgIpc) is 3.13. The highest BCUT2D eigenvalue weighted by Gasteiger charge is 2.26. The summed E-state index contributed by atoms with van der Waals surface area (Å²) in [6, 6.07) is 13.4. The average molecular weight is 453 g/mol. The number of hydrogen-bond donors (Lipinski definition) is 2. The molecule has 3 aromatic rings. The van der Waals surface area contributed by atoms with Gasteiger partial charge in [0.15, 0.2) is 0 Å². The first-order valence-electron chi connectivity index (χ1n) is 7.99. The number of nitrogens with one attached hydrogen (secondary N) is 1. The molecule has 0 saturated carbocycles. The summed E-state index contributed by atoms with van der Waals surface area (Å²) in [7, 11) is -2.38. The summed E-state index contributed by atoms with van der Waals surface area (Å²) < 4.78 is 32.7. The Balaban J connectivity index is 2.22. The normalized spacial score (nSPS) is 11.4. The zero-order valence-electron chi connectivity index (χ0n) is 15.0. The number of sulfone groups is 1.